The highest BCUT2D eigenvalue weighted by atomic mass is 16.5. The summed E-state index contributed by atoms with van der Waals surface area (Å²) in [6.45, 7) is 11.7. The van der Waals surface area contributed by atoms with Gasteiger partial charge in [-0.15, -0.1) is 0 Å². The number of hydrogen-bond donors (Lipinski definition) is 1. The van der Waals surface area contributed by atoms with Gasteiger partial charge in [-0.2, -0.15) is 15.5 Å². The first kappa shape index (κ1) is 26.4. The molecule has 194 valence electrons. The van der Waals surface area contributed by atoms with E-state index < -0.39 is 11.1 Å². The van der Waals surface area contributed by atoms with E-state index in [1.807, 2.05) is 32.2 Å². The van der Waals surface area contributed by atoms with E-state index in [0.29, 0.717) is 49.9 Å². The molecule has 2 aromatic rings. The van der Waals surface area contributed by atoms with Crippen molar-refractivity contribution < 1.29 is 14.3 Å². The molecule has 1 unspecified atom stereocenters. The number of carbonyl (C=O) groups is 1. The number of aliphatic imine (C=N–C) groups is 1. The van der Waals surface area contributed by atoms with Crippen molar-refractivity contribution in [1.82, 2.24) is 25.4 Å². The average molecular weight is 504 g/mol. The van der Waals surface area contributed by atoms with Crippen molar-refractivity contribution >= 4 is 17.7 Å². The number of hydrogen-bond acceptors (Lipinski definition) is 9. The van der Waals surface area contributed by atoms with Gasteiger partial charge in [0.1, 0.15) is 5.66 Å². The van der Waals surface area contributed by atoms with Crippen LogP contribution in [0.5, 0.6) is 5.88 Å². The zero-order valence-corrected chi connectivity index (χ0v) is 22.0. The summed E-state index contributed by atoms with van der Waals surface area (Å²) < 4.78 is 11.2. The number of nitrogens with one attached hydrogen (secondary N) is 1. The molecule has 4 heterocycles. The highest BCUT2D eigenvalue weighted by molar-refractivity contribution is 5.97. The van der Waals surface area contributed by atoms with Crippen LogP contribution in [0.15, 0.2) is 41.3 Å². The molecule has 2 aliphatic rings. The molecule has 37 heavy (non-hydrogen) atoms. The molecule has 1 amide bonds. The Morgan fingerprint density at radius 3 is 2.86 bits per heavy atom. The predicted octanol–water partition coefficient (Wildman–Crippen LogP) is 3.12. The largest absolute Gasteiger partial charge is 0.478 e. The number of rotatable bonds is 7. The lowest BCUT2D eigenvalue weighted by molar-refractivity contribution is -0.0427. The third-order valence-electron chi connectivity index (χ3n) is 6.78. The van der Waals surface area contributed by atoms with Crippen LogP contribution in [0.2, 0.25) is 0 Å². The Kier molecular flexibility index (Phi) is 7.66. The summed E-state index contributed by atoms with van der Waals surface area (Å²) in [6, 6.07) is 7.69. The number of allylic oxidation sites excluding steroid dienone is 1. The molecule has 4 rings (SSSR count). The average Bonchev–Trinajstić information content (AvgIpc) is 2.91. The molecule has 0 bridgehead atoms. The minimum Gasteiger partial charge on any atom is -0.478 e. The fraction of sp³-hybridized carbons (Fsp3) is 0.481. The Morgan fingerprint density at radius 1 is 1.38 bits per heavy atom. The number of ether oxygens (including phenoxy) is 2. The summed E-state index contributed by atoms with van der Waals surface area (Å²) in [7, 11) is 0. The maximum atomic E-state index is 13.6. The van der Waals surface area contributed by atoms with Gasteiger partial charge in [0.15, 0.2) is 0 Å². The minimum absolute atomic E-state index is 0.0438. The zero-order valence-electron chi connectivity index (χ0n) is 22.0. The van der Waals surface area contributed by atoms with Crippen molar-refractivity contribution in [3.63, 3.8) is 0 Å². The van der Waals surface area contributed by atoms with E-state index in [2.05, 4.69) is 38.4 Å². The van der Waals surface area contributed by atoms with Crippen LogP contribution in [0.25, 0.3) is 5.57 Å². The van der Waals surface area contributed by atoms with Crippen LogP contribution in [-0.2, 0) is 10.2 Å². The van der Waals surface area contributed by atoms with Crippen LogP contribution in [0.1, 0.15) is 62.7 Å². The number of nitriles is 1. The Balaban J connectivity index is 1.69. The van der Waals surface area contributed by atoms with Crippen LogP contribution >= 0.6 is 0 Å². The van der Waals surface area contributed by atoms with E-state index >= 15 is 0 Å². The highest BCUT2D eigenvalue weighted by Crippen LogP contribution is 2.36. The number of carbonyl (C=O) groups excluding carboxylic acids is 1. The molecule has 0 aliphatic carbocycles. The molecule has 0 radical (unpaired) electrons. The lowest BCUT2D eigenvalue weighted by atomic mass is 9.88. The van der Waals surface area contributed by atoms with Gasteiger partial charge < -0.3 is 14.8 Å². The molecule has 2 atom stereocenters. The summed E-state index contributed by atoms with van der Waals surface area (Å²) in [6.07, 6.45) is 5.51. The third-order valence-corrected chi connectivity index (χ3v) is 6.78. The molecule has 1 saturated heterocycles. The minimum atomic E-state index is -0.901. The standard InChI is InChI=1S/C27H33N7O3/c1-6-37-24-8-7-20(13-29-24)22-12-27(17-30-19(22)3,34-9-10-36-15-18(34)2)32-25(35)21-11-23(33-31-14-21)26(4,5)16-28/h7-8,11,13-14,17-18H,6,9-10,12,15H2,1-5H3,(H,32,35)/t18?,27-/m1/s1. The maximum Gasteiger partial charge on any atom is 0.254 e. The molecule has 10 nitrogen and oxygen atoms in total. The van der Waals surface area contributed by atoms with E-state index in [0.717, 1.165) is 16.8 Å². The van der Waals surface area contributed by atoms with Crippen molar-refractivity contribution in [2.45, 2.75) is 58.2 Å². The number of aromatic nitrogens is 3. The molecular weight excluding hydrogens is 470 g/mol. The van der Waals surface area contributed by atoms with Gasteiger partial charge in [0.05, 0.1) is 48.8 Å². The van der Waals surface area contributed by atoms with E-state index in [9.17, 15) is 10.1 Å². The highest BCUT2D eigenvalue weighted by Gasteiger charge is 2.43. The normalized spacial score (nSPS) is 22.4. The SMILES string of the molecule is CCOc1ccc(C2=C(C)N=C[C@](NC(=O)c3cnnc(C(C)(C)C#N)c3)(N3CCOCC3C)C2)cn1. The Labute approximate surface area is 217 Å². The van der Waals surface area contributed by atoms with Crippen molar-refractivity contribution in [2.24, 2.45) is 4.99 Å². The fourth-order valence-corrected chi connectivity index (χ4v) is 4.59. The first-order valence-corrected chi connectivity index (χ1v) is 12.4. The lowest BCUT2D eigenvalue weighted by Crippen LogP contribution is -2.67. The van der Waals surface area contributed by atoms with Gasteiger partial charge in [-0.05, 0) is 57.9 Å². The molecule has 0 spiro atoms. The Hall–Kier alpha value is -3.68. The van der Waals surface area contributed by atoms with E-state index in [4.69, 9.17) is 14.5 Å². The number of morpholine rings is 1. The molecule has 2 aromatic heterocycles. The summed E-state index contributed by atoms with van der Waals surface area (Å²) in [5, 5.41) is 20.8. The van der Waals surface area contributed by atoms with E-state index in [1.165, 1.54) is 6.20 Å². The first-order chi connectivity index (χ1) is 17.7. The van der Waals surface area contributed by atoms with Crippen LogP contribution < -0.4 is 10.1 Å². The second-order valence-electron chi connectivity index (χ2n) is 9.88. The van der Waals surface area contributed by atoms with Gasteiger partial charge in [-0.3, -0.25) is 14.7 Å². The smallest absolute Gasteiger partial charge is 0.254 e. The van der Waals surface area contributed by atoms with Crippen molar-refractivity contribution in [3.8, 4) is 11.9 Å². The number of amides is 1. The predicted molar refractivity (Wildman–Crippen MR) is 139 cm³/mol. The van der Waals surface area contributed by atoms with Crippen molar-refractivity contribution in [3.05, 3.63) is 53.1 Å². The van der Waals surface area contributed by atoms with Crippen LogP contribution in [0, 0.1) is 11.3 Å². The Bertz CT molecular complexity index is 1250. The molecular formula is C27H33N7O3. The van der Waals surface area contributed by atoms with Gasteiger partial charge in [0, 0.05) is 43.2 Å². The molecule has 0 aromatic carbocycles. The quantitative estimate of drug-likeness (QED) is 0.611. The second-order valence-corrected chi connectivity index (χ2v) is 9.88. The molecule has 1 N–H and O–H groups in total. The van der Waals surface area contributed by atoms with Crippen LogP contribution in [0.3, 0.4) is 0 Å². The van der Waals surface area contributed by atoms with Crippen molar-refractivity contribution in [2.75, 3.05) is 26.4 Å². The Morgan fingerprint density at radius 2 is 2.19 bits per heavy atom. The second kappa shape index (κ2) is 10.7. The van der Waals surface area contributed by atoms with Gasteiger partial charge in [-0.1, -0.05) is 0 Å². The van der Waals surface area contributed by atoms with Gasteiger partial charge in [0.2, 0.25) is 5.88 Å². The number of pyridine rings is 1. The topological polar surface area (TPSA) is 126 Å². The third kappa shape index (κ3) is 5.53. The molecule has 2 aliphatic heterocycles. The lowest BCUT2D eigenvalue weighted by Gasteiger charge is -2.48. The maximum absolute atomic E-state index is 13.6. The van der Waals surface area contributed by atoms with Crippen LogP contribution in [0.4, 0.5) is 0 Å². The van der Waals surface area contributed by atoms with Crippen LogP contribution in [-0.4, -0.2) is 70.3 Å². The molecule has 0 saturated carbocycles. The molecule has 1 fully saturated rings. The fourth-order valence-electron chi connectivity index (χ4n) is 4.59. The van der Waals surface area contributed by atoms with Gasteiger partial charge in [-0.25, -0.2) is 4.98 Å². The number of nitrogens with zero attached hydrogens (tertiary/aromatic N) is 6. The monoisotopic (exact) mass is 503 g/mol. The molecule has 10 heteroatoms. The van der Waals surface area contributed by atoms with E-state index in [1.54, 1.807) is 26.1 Å². The summed E-state index contributed by atoms with van der Waals surface area (Å²) in [5.41, 5.74) is 1.75. The van der Waals surface area contributed by atoms with E-state index in [-0.39, 0.29) is 11.9 Å². The summed E-state index contributed by atoms with van der Waals surface area (Å²) >= 11 is 0. The van der Waals surface area contributed by atoms with Gasteiger partial charge in [0.25, 0.3) is 5.91 Å². The summed E-state index contributed by atoms with van der Waals surface area (Å²) in [5.74, 6) is 0.241. The first-order valence-electron chi connectivity index (χ1n) is 12.4. The summed E-state index contributed by atoms with van der Waals surface area (Å²) in [4.78, 5) is 25.1. The zero-order chi connectivity index (χ0) is 26.6. The van der Waals surface area contributed by atoms with Gasteiger partial charge >= 0.3 is 0 Å². The van der Waals surface area contributed by atoms with Crippen molar-refractivity contribution in [1.29, 1.82) is 5.26 Å².